The van der Waals surface area contributed by atoms with Crippen LogP contribution in [0.25, 0.3) is 0 Å². The average molecular weight is 311 g/mol. The predicted molar refractivity (Wildman–Crippen MR) is 88.3 cm³/mol. The van der Waals surface area contributed by atoms with Gasteiger partial charge >= 0.3 is 0 Å². The van der Waals surface area contributed by atoms with Gasteiger partial charge in [-0.15, -0.1) is 0 Å². The first-order valence-electron chi connectivity index (χ1n) is 7.85. The smallest absolute Gasteiger partial charge is 0.253 e. The highest BCUT2D eigenvalue weighted by atomic mass is 16.3. The van der Waals surface area contributed by atoms with Gasteiger partial charge in [0.1, 0.15) is 5.75 Å². The van der Waals surface area contributed by atoms with Crippen LogP contribution in [0.15, 0.2) is 42.5 Å². The van der Waals surface area contributed by atoms with Crippen molar-refractivity contribution < 1.29 is 9.90 Å². The van der Waals surface area contributed by atoms with Gasteiger partial charge in [0.2, 0.25) is 0 Å². The fraction of sp³-hybridized carbons (Fsp3) is 0.333. The Kier molecular flexibility index (Phi) is 4.57. The molecule has 0 aliphatic carbocycles. The Morgan fingerprint density at radius 1 is 1.09 bits per heavy atom. The van der Waals surface area contributed by atoms with Crippen molar-refractivity contribution in [2.75, 3.05) is 26.2 Å². The van der Waals surface area contributed by atoms with Crippen LogP contribution in [-0.4, -0.2) is 52.0 Å². The number of carbonyl (C=O) groups is 1. The molecular weight excluding hydrogens is 290 g/mol. The van der Waals surface area contributed by atoms with Crippen LogP contribution in [0.4, 0.5) is 0 Å². The largest absolute Gasteiger partial charge is 0.506 e. The molecule has 0 saturated carbocycles. The molecule has 120 valence electrons. The molecule has 1 aromatic heterocycles. The number of aromatic nitrogens is 1. The van der Waals surface area contributed by atoms with Crippen LogP contribution < -0.4 is 0 Å². The second-order valence-corrected chi connectivity index (χ2v) is 5.85. The first-order chi connectivity index (χ1) is 11.1. The third kappa shape index (κ3) is 3.68. The van der Waals surface area contributed by atoms with E-state index in [0.717, 1.165) is 24.3 Å². The number of hydrogen-bond acceptors (Lipinski definition) is 4. The Bertz CT molecular complexity index is 680. The molecule has 0 atom stereocenters. The standard InChI is InChI=1S/C18H21N3O2/c1-14-7-8-17(22)16(19-14)13-20-9-11-21(12-10-20)18(23)15-5-3-2-4-6-15/h2-8,22H,9-13H2,1H3. The fourth-order valence-corrected chi connectivity index (χ4v) is 2.80. The Labute approximate surface area is 136 Å². The molecule has 0 unspecified atom stereocenters. The summed E-state index contributed by atoms with van der Waals surface area (Å²) in [6.45, 7) is 5.49. The lowest BCUT2D eigenvalue weighted by Gasteiger charge is -2.34. The highest BCUT2D eigenvalue weighted by Gasteiger charge is 2.22. The van der Waals surface area contributed by atoms with Gasteiger partial charge in [0.05, 0.1) is 5.69 Å². The molecule has 1 aliphatic heterocycles. The van der Waals surface area contributed by atoms with E-state index in [1.165, 1.54) is 0 Å². The van der Waals surface area contributed by atoms with E-state index >= 15 is 0 Å². The molecule has 2 aromatic rings. The molecule has 1 saturated heterocycles. The monoisotopic (exact) mass is 311 g/mol. The highest BCUT2D eigenvalue weighted by molar-refractivity contribution is 5.94. The Morgan fingerprint density at radius 2 is 1.78 bits per heavy atom. The number of benzene rings is 1. The molecule has 3 rings (SSSR count). The summed E-state index contributed by atoms with van der Waals surface area (Å²) in [6, 6.07) is 12.9. The number of carbonyl (C=O) groups excluding carboxylic acids is 1. The molecule has 5 heteroatoms. The van der Waals surface area contributed by atoms with Crippen molar-refractivity contribution in [3.05, 3.63) is 59.4 Å². The zero-order valence-electron chi connectivity index (χ0n) is 13.3. The van der Waals surface area contributed by atoms with E-state index in [4.69, 9.17) is 0 Å². The van der Waals surface area contributed by atoms with Gasteiger partial charge in [-0.05, 0) is 31.2 Å². The molecule has 1 aromatic carbocycles. The van der Waals surface area contributed by atoms with Gasteiger partial charge < -0.3 is 10.0 Å². The van der Waals surface area contributed by atoms with E-state index in [0.29, 0.717) is 25.3 Å². The lowest BCUT2D eigenvalue weighted by atomic mass is 10.2. The van der Waals surface area contributed by atoms with Gasteiger partial charge in [-0.3, -0.25) is 14.7 Å². The van der Waals surface area contributed by atoms with Gasteiger partial charge in [-0.2, -0.15) is 0 Å². The van der Waals surface area contributed by atoms with Crippen molar-refractivity contribution in [1.29, 1.82) is 0 Å². The van der Waals surface area contributed by atoms with Crippen LogP contribution in [0.5, 0.6) is 5.75 Å². The van der Waals surface area contributed by atoms with E-state index in [1.54, 1.807) is 12.1 Å². The first-order valence-corrected chi connectivity index (χ1v) is 7.85. The highest BCUT2D eigenvalue weighted by Crippen LogP contribution is 2.18. The lowest BCUT2D eigenvalue weighted by Crippen LogP contribution is -2.48. The van der Waals surface area contributed by atoms with Crippen molar-refractivity contribution in [3.8, 4) is 5.75 Å². The number of rotatable bonds is 3. The Morgan fingerprint density at radius 3 is 2.48 bits per heavy atom. The molecule has 0 radical (unpaired) electrons. The number of aromatic hydroxyl groups is 1. The molecular formula is C18H21N3O2. The summed E-state index contributed by atoms with van der Waals surface area (Å²) in [5.74, 6) is 0.320. The number of piperazine rings is 1. The van der Waals surface area contributed by atoms with Gasteiger partial charge in [-0.25, -0.2) is 0 Å². The van der Waals surface area contributed by atoms with Crippen LogP contribution in [-0.2, 0) is 6.54 Å². The average Bonchev–Trinajstić information content (AvgIpc) is 2.59. The van der Waals surface area contributed by atoms with Gasteiger partial charge in [0, 0.05) is 44.0 Å². The number of hydrogen-bond donors (Lipinski definition) is 1. The zero-order valence-corrected chi connectivity index (χ0v) is 13.3. The maximum absolute atomic E-state index is 12.4. The first kappa shape index (κ1) is 15.5. The van der Waals surface area contributed by atoms with E-state index in [9.17, 15) is 9.90 Å². The van der Waals surface area contributed by atoms with Crippen LogP contribution in [0.2, 0.25) is 0 Å². The predicted octanol–water partition coefficient (Wildman–Crippen LogP) is 2.05. The number of pyridine rings is 1. The number of aryl methyl sites for hydroxylation is 1. The minimum atomic E-state index is 0.0850. The van der Waals surface area contributed by atoms with Crippen LogP contribution in [0.1, 0.15) is 21.7 Å². The van der Waals surface area contributed by atoms with Crippen molar-refractivity contribution >= 4 is 5.91 Å². The van der Waals surface area contributed by atoms with E-state index in [2.05, 4.69) is 9.88 Å². The Balaban J connectivity index is 1.58. The maximum Gasteiger partial charge on any atom is 0.253 e. The summed E-state index contributed by atoms with van der Waals surface area (Å²) in [5.41, 5.74) is 2.34. The summed E-state index contributed by atoms with van der Waals surface area (Å²) < 4.78 is 0. The van der Waals surface area contributed by atoms with Gasteiger partial charge in [0.25, 0.3) is 5.91 Å². The summed E-state index contributed by atoms with van der Waals surface area (Å²) in [5, 5.41) is 9.90. The minimum Gasteiger partial charge on any atom is -0.506 e. The van der Waals surface area contributed by atoms with E-state index in [-0.39, 0.29) is 11.7 Å². The summed E-state index contributed by atoms with van der Waals surface area (Å²) in [7, 11) is 0. The summed E-state index contributed by atoms with van der Waals surface area (Å²) in [4.78, 5) is 20.9. The molecule has 0 spiro atoms. The van der Waals surface area contributed by atoms with E-state index < -0.39 is 0 Å². The third-order valence-corrected chi connectivity index (χ3v) is 4.14. The van der Waals surface area contributed by atoms with Crippen LogP contribution >= 0.6 is 0 Å². The van der Waals surface area contributed by atoms with Crippen molar-refractivity contribution in [3.63, 3.8) is 0 Å². The SMILES string of the molecule is Cc1ccc(O)c(CN2CCN(C(=O)c3ccccc3)CC2)n1. The van der Waals surface area contributed by atoms with Crippen LogP contribution in [0, 0.1) is 6.92 Å². The molecule has 0 bridgehead atoms. The van der Waals surface area contributed by atoms with Gasteiger partial charge in [0.15, 0.2) is 0 Å². The molecule has 2 heterocycles. The van der Waals surface area contributed by atoms with Crippen LogP contribution in [0.3, 0.4) is 0 Å². The maximum atomic E-state index is 12.4. The normalized spacial score (nSPS) is 15.6. The molecule has 1 amide bonds. The Hall–Kier alpha value is -2.40. The quantitative estimate of drug-likeness (QED) is 0.942. The van der Waals surface area contributed by atoms with Crippen molar-refractivity contribution in [2.45, 2.75) is 13.5 Å². The number of amides is 1. The fourth-order valence-electron chi connectivity index (χ4n) is 2.80. The molecule has 1 N–H and O–H groups in total. The second kappa shape index (κ2) is 6.79. The molecule has 1 fully saturated rings. The minimum absolute atomic E-state index is 0.0850. The van der Waals surface area contributed by atoms with Crippen molar-refractivity contribution in [2.24, 2.45) is 0 Å². The molecule has 1 aliphatic rings. The zero-order chi connectivity index (χ0) is 16.2. The molecule has 5 nitrogen and oxygen atoms in total. The van der Waals surface area contributed by atoms with Gasteiger partial charge in [-0.1, -0.05) is 18.2 Å². The van der Waals surface area contributed by atoms with Crippen molar-refractivity contribution in [1.82, 2.24) is 14.8 Å². The number of nitrogens with zero attached hydrogens (tertiary/aromatic N) is 3. The molecule has 23 heavy (non-hydrogen) atoms. The summed E-state index contributed by atoms with van der Waals surface area (Å²) >= 11 is 0. The van der Waals surface area contributed by atoms with E-state index in [1.807, 2.05) is 42.2 Å². The third-order valence-electron chi connectivity index (χ3n) is 4.14. The topological polar surface area (TPSA) is 56.7 Å². The lowest BCUT2D eigenvalue weighted by molar-refractivity contribution is 0.0626. The second-order valence-electron chi connectivity index (χ2n) is 5.85. The summed E-state index contributed by atoms with van der Waals surface area (Å²) in [6.07, 6.45) is 0.